The van der Waals surface area contributed by atoms with Gasteiger partial charge in [0, 0.05) is 5.02 Å². The van der Waals surface area contributed by atoms with Crippen molar-refractivity contribution in [3.8, 4) is 5.75 Å². The number of halogens is 1. The first-order valence-corrected chi connectivity index (χ1v) is 7.24. The van der Waals surface area contributed by atoms with E-state index in [9.17, 15) is 0 Å². The van der Waals surface area contributed by atoms with Crippen molar-refractivity contribution in [3.05, 3.63) is 64.2 Å². The molecule has 1 atom stereocenters. The number of rotatable bonds is 5. The summed E-state index contributed by atoms with van der Waals surface area (Å²) < 4.78 is 5.58. The van der Waals surface area contributed by atoms with E-state index in [1.165, 1.54) is 0 Å². The van der Waals surface area contributed by atoms with Gasteiger partial charge in [-0.15, -0.1) is 0 Å². The molecule has 0 aliphatic carbocycles. The summed E-state index contributed by atoms with van der Waals surface area (Å²) in [4.78, 5) is 0. The Morgan fingerprint density at radius 2 is 1.85 bits per heavy atom. The first-order valence-electron chi connectivity index (χ1n) is 6.86. The van der Waals surface area contributed by atoms with E-state index in [2.05, 4.69) is 6.92 Å². The Morgan fingerprint density at radius 1 is 1.15 bits per heavy atom. The van der Waals surface area contributed by atoms with Gasteiger partial charge in [-0.25, -0.2) is 0 Å². The Morgan fingerprint density at radius 3 is 2.45 bits per heavy atom. The average molecular weight is 290 g/mol. The molecule has 0 spiro atoms. The van der Waals surface area contributed by atoms with E-state index in [0.29, 0.717) is 0 Å². The van der Waals surface area contributed by atoms with E-state index < -0.39 is 0 Å². The molecule has 2 aromatic rings. The third kappa shape index (κ3) is 3.53. The zero-order chi connectivity index (χ0) is 14.5. The van der Waals surface area contributed by atoms with E-state index in [4.69, 9.17) is 22.1 Å². The molecule has 0 aliphatic heterocycles. The van der Waals surface area contributed by atoms with Crippen LogP contribution in [0.2, 0.25) is 5.02 Å². The second-order valence-electron chi connectivity index (χ2n) is 4.90. The third-order valence-electron chi connectivity index (χ3n) is 3.28. The van der Waals surface area contributed by atoms with E-state index in [1.54, 1.807) is 0 Å². The molecular weight excluding hydrogens is 270 g/mol. The molecule has 0 bridgehead atoms. The van der Waals surface area contributed by atoms with Crippen LogP contribution in [-0.4, -0.2) is 6.61 Å². The zero-order valence-electron chi connectivity index (χ0n) is 11.9. The van der Waals surface area contributed by atoms with E-state index >= 15 is 0 Å². The van der Waals surface area contributed by atoms with Crippen molar-refractivity contribution in [1.29, 1.82) is 0 Å². The summed E-state index contributed by atoms with van der Waals surface area (Å²) in [5, 5.41) is 0.738. The maximum absolute atomic E-state index is 6.33. The van der Waals surface area contributed by atoms with Crippen molar-refractivity contribution >= 4 is 11.6 Å². The van der Waals surface area contributed by atoms with Gasteiger partial charge in [-0.05, 0) is 54.3 Å². The highest BCUT2D eigenvalue weighted by Gasteiger charge is 2.11. The molecule has 1 unspecified atom stereocenters. The topological polar surface area (TPSA) is 35.2 Å². The number of ether oxygens (including phenoxy) is 1. The second-order valence-corrected chi connectivity index (χ2v) is 5.33. The van der Waals surface area contributed by atoms with Crippen LogP contribution in [0.1, 0.15) is 36.1 Å². The molecule has 0 aromatic heterocycles. The molecule has 2 rings (SSSR count). The summed E-state index contributed by atoms with van der Waals surface area (Å²) in [6.07, 6.45) is 1.01. The molecule has 2 nitrogen and oxygen atoms in total. The van der Waals surface area contributed by atoms with Gasteiger partial charge in [-0.3, -0.25) is 0 Å². The van der Waals surface area contributed by atoms with Crippen LogP contribution in [0.4, 0.5) is 0 Å². The van der Waals surface area contributed by atoms with Gasteiger partial charge < -0.3 is 10.5 Å². The molecular formula is C17H20ClNO. The van der Waals surface area contributed by atoms with Crippen LogP contribution in [-0.2, 0) is 0 Å². The number of hydrogen-bond donors (Lipinski definition) is 1. The molecule has 0 saturated heterocycles. The van der Waals surface area contributed by atoms with Crippen molar-refractivity contribution in [2.24, 2.45) is 5.73 Å². The maximum Gasteiger partial charge on any atom is 0.119 e. The van der Waals surface area contributed by atoms with Crippen molar-refractivity contribution in [2.75, 3.05) is 6.61 Å². The molecule has 106 valence electrons. The highest BCUT2D eigenvalue weighted by molar-refractivity contribution is 6.30. The minimum atomic E-state index is -0.146. The molecule has 20 heavy (non-hydrogen) atoms. The molecule has 0 aliphatic rings. The van der Waals surface area contributed by atoms with Gasteiger partial charge in [0.1, 0.15) is 5.75 Å². The summed E-state index contributed by atoms with van der Waals surface area (Å²) in [6, 6.07) is 13.6. The van der Waals surface area contributed by atoms with Gasteiger partial charge in [0.25, 0.3) is 0 Å². The van der Waals surface area contributed by atoms with Gasteiger partial charge in [0.2, 0.25) is 0 Å². The highest BCUT2D eigenvalue weighted by atomic mass is 35.5. The molecule has 0 fully saturated rings. The Labute approximate surface area is 125 Å². The average Bonchev–Trinajstić information content (AvgIpc) is 2.45. The second kappa shape index (κ2) is 6.78. The van der Waals surface area contributed by atoms with Gasteiger partial charge in [-0.2, -0.15) is 0 Å². The Hall–Kier alpha value is -1.51. The van der Waals surface area contributed by atoms with Crippen LogP contribution in [0, 0.1) is 6.92 Å². The van der Waals surface area contributed by atoms with Crippen molar-refractivity contribution in [3.63, 3.8) is 0 Å². The minimum absolute atomic E-state index is 0.146. The predicted octanol–water partition coefficient (Wildman–Crippen LogP) is 4.49. The standard InChI is InChI=1S/C17H20ClNO/c1-3-10-20-15-7-4-13(5-8-15)17(19)16-9-6-14(18)11-12(16)2/h4-9,11,17H,3,10,19H2,1-2H3. The molecule has 0 heterocycles. The lowest BCUT2D eigenvalue weighted by molar-refractivity contribution is 0.317. The van der Waals surface area contributed by atoms with Gasteiger partial charge in [-0.1, -0.05) is 36.7 Å². The van der Waals surface area contributed by atoms with Crippen LogP contribution >= 0.6 is 11.6 Å². The lowest BCUT2D eigenvalue weighted by atomic mass is 9.96. The van der Waals surface area contributed by atoms with Crippen molar-refractivity contribution in [1.82, 2.24) is 0 Å². The van der Waals surface area contributed by atoms with Gasteiger partial charge >= 0.3 is 0 Å². The third-order valence-corrected chi connectivity index (χ3v) is 3.51. The summed E-state index contributed by atoms with van der Waals surface area (Å²) in [6.45, 7) is 4.86. The predicted molar refractivity (Wildman–Crippen MR) is 84.4 cm³/mol. The van der Waals surface area contributed by atoms with Crippen LogP contribution in [0.25, 0.3) is 0 Å². The number of aryl methyl sites for hydroxylation is 1. The summed E-state index contributed by atoms with van der Waals surface area (Å²) in [5.74, 6) is 0.885. The number of hydrogen-bond acceptors (Lipinski definition) is 2. The number of benzene rings is 2. The quantitative estimate of drug-likeness (QED) is 0.880. The van der Waals surface area contributed by atoms with Gasteiger partial charge in [0.05, 0.1) is 12.6 Å². The summed E-state index contributed by atoms with van der Waals surface area (Å²) in [7, 11) is 0. The van der Waals surface area contributed by atoms with E-state index in [-0.39, 0.29) is 6.04 Å². The van der Waals surface area contributed by atoms with Crippen LogP contribution in [0.3, 0.4) is 0 Å². The fraction of sp³-hybridized carbons (Fsp3) is 0.294. The van der Waals surface area contributed by atoms with Crippen LogP contribution < -0.4 is 10.5 Å². The molecule has 0 saturated carbocycles. The fourth-order valence-corrected chi connectivity index (χ4v) is 2.39. The monoisotopic (exact) mass is 289 g/mol. The van der Waals surface area contributed by atoms with Crippen molar-refractivity contribution < 1.29 is 4.74 Å². The fourth-order valence-electron chi connectivity index (χ4n) is 2.16. The first kappa shape index (κ1) is 14.9. The maximum atomic E-state index is 6.33. The molecule has 2 N–H and O–H groups in total. The van der Waals surface area contributed by atoms with E-state index in [1.807, 2.05) is 49.4 Å². The number of nitrogens with two attached hydrogens (primary N) is 1. The van der Waals surface area contributed by atoms with Gasteiger partial charge in [0.15, 0.2) is 0 Å². The Balaban J connectivity index is 2.18. The first-order chi connectivity index (χ1) is 9.61. The molecule has 0 amide bonds. The summed E-state index contributed by atoms with van der Waals surface area (Å²) in [5.41, 5.74) is 9.60. The lowest BCUT2D eigenvalue weighted by Crippen LogP contribution is -2.13. The van der Waals surface area contributed by atoms with E-state index in [0.717, 1.165) is 40.5 Å². The zero-order valence-corrected chi connectivity index (χ0v) is 12.7. The largest absolute Gasteiger partial charge is 0.494 e. The molecule has 0 radical (unpaired) electrons. The smallest absolute Gasteiger partial charge is 0.119 e. The summed E-state index contributed by atoms with van der Waals surface area (Å²) >= 11 is 5.98. The van der Waals surface area contributed by atoms with Crippen LogP contribution in [0.5, 0.6) is 5.75 Å². The Kier molecular flexibility index (Phi) is 5.05. The molecule has 2 aromatic carbocycles. The SMILES string of the molecule is CCCOc1ccc(C(N)c2ccc(Cl)cc2C)cc1. The van der Waals surface area contributed by atoms with Crippen molar-refractivity contribution in [2.45, 2.75) is 26.3 Å². The normalized spacial score (nSPS) is 12.2. The highest BCUT2D eigenvalue weighted by Crippen LogP contribution is 2.26. The Bertz CT molecular complexity index is 566. The van der Waals surface area contributed by atoms with Crippen LogP contribution in [0.15, 0.2) is 42.5 Å². The minimum Gasteiger partial charge on any atom is -0.494 e. The lowest BCUT2D eigenvalue weighted by Gasteiger charge is -2.16. The molecule has 3 heteroatoms.